The number of hydrogen-bond acceptors (Lipinski definition) is 2. The molecule has 0 spiro atoms. The van der Waals surface area contributed by atoms with Crippen molar-refractivity contribution >= 4 is 15.9 Å². The van der Waals surface area contributed by atoms with Crippen LogP contribution in [0.1, 0.15) is 13.8 Å². The van der Waals surface area contributed by atoms with Crippen LogP contribution in [0.25, 0.3) is 0 Å². The highest BCUT2D eigenvalue weighted by molar-refractivity contribution is 9.10. The molecule has 1 aromatic rings. The first-order valence-electron chi connectivity index (χ1n) is 4.53. The van der Waals surface area contributed by atoms with Gasteiger partial charge < -0.3 is 9.84 Å². The second kappa shape index (κ2) is 4.80. The Balaban J connectivity index is 2.50. The van der Waals surface area contributed by atoms with Gasteiger partial charge in [-0.1, -0.05) is 29.8 Å². The first kappa shape index (κ1) is 11.5. The van der Waals surface area contributed by atoms with Gasteiger partial charge in [0.15, 0.2) is 0 Å². The second-order valence-electron chi connectivity index (χ2n) is 4.06. The highest BCUT2D eigenvalue weighted by Gasteiger charge is 2.17. The van der Waals surface area contributed by atoms with Gasteiger partial charge in [0, 0.05) is 9.89 Å². The number of aliphatic hydroxyl groups is 1. The third kappa shape index (κ3) is 3.68. The van der Waals surface area contributed by atoms with Crippen LogP contribution in [0.5, 0.6) is 5.75 Å². The number of rotatable bonds is 4. The molecular formula is C11H15BrO2. The van der Waals surface area contributed by atoms with Crippen LogP contribution in [0, 0.1) is 5.41 Å². The summed E-state index contributed by atoms with van der Waals surface area (Å²) in [6, 6.07) is 7.66. The van der Waals surface area contributed by atoms with Gasteiger partial charge in [-0.15, -0.1) is 0 Å². The SMILES string of the molecule is CC(C)(CO)COc1ccc(Br)cc1. The van der Waals surface area contributed by atoms with Crippen molar-refractivity contribution in [3.8, 4) is 5.75 Å². The smallest absolute Gasteiger partial charge is 0.119 e. The van der Waals surface area contributed by atoms with Crippen LogP contribution in [0.2, 0.25) is 0 Å². The Kier molecular flexibility index (Phi) is 3.96. The molecule has 1 rings (SSSR count). The lowest BCUT2D eigenvalue weighted by Crippen LogP contribution is -2.25. The maximum atomic E-state index is 9.03. The highest BCUT2D eigenvalue weighted by atomic mass is 79.9. The second-order valence-corrected chi connectivity index (χ2v) is 4.98. The largest absolute Gasteiger partial charge is 0.493 e. The first-order chi connectivity index (χ1) is 6.53. The van der Waals surface area contributed by atoms with E-state index in [9.17, 15) is 0 Å². The molecule has 0 saturated heterocycles. The molecule has 0 heterocycles. The molecule has 2 nitrogen and oxygen atoms in total. The molecule has 0 aliphatic heterocycles. The van der Waals surface area contributed by atoms with E-state index in [1.165, 1.54) is 0 Å². The van der Waals surface area contributed by atoms with Gasteiger partial charge in [-0.2, -0.15) is 0 Å². The van der Waals surface area contributed by atoms with Crippen molar-refractivity contribution < 1.29 is 9.84 Å². The van der Waals surface area contributed by atoms with Crippen molar-refractivity contribution in [3.63, 3.8) is 0 Å². The Bertz CT molecular complexity index is 280. The molecule has 0 radical (unpaired) electrons. The van der Waals surface area contributed by atoms with E-state index in [1.54, 1.807) is 0 Å². The predicted octanol–water partition coefficient (Wildman–Crippen LogP) is 2.85. The molecule has 78 valence electrons. The molecular weight excluding hydrogens is 244 g/mol. The van der Waals surface area contributed by atoms with E-state index in [0.717, 1.165) is 10.2 Å². The Morgan fingerprint density at radius 3 is 2.36 bits per heavy atom. The molecule has 0 unspecified atom stereocenters. The summed E-state index contributed by atoms with van der Waals surface area (Å²) in [6.45, 7) is 4.58. The maximum Gasteiger partial charge on any atom is 0.119 e. The minimum absolute atomic E-state index is 0.129. The van der Waals surface area contributed by atoms with E-state index in [0.29, 0.717) is 6.61 Å². The Labute approximate surface area is 93.0 Å². The van der Waals surface area contributed by atoms with Crippen molar-refractivity contribution in [2.24, 2.45) is 5.41 Å². The van der Waals surface area contributed by atoms with Crippen LogP contribution in [0.3, 0.4) is 0 Å². The average molecular weight is 259 g/mol. The molecule has 3 heteroatoms. The summed E-state index contributed by atoms with van der Waals surface area (Å²) in [5, 5.41) is 9.03. The van der Waals surface area contributed by atoms with Gasteiger partial charge >= 0.3 is 0 Å². The lowest BCUT2D eigenvalue weighted by molar-refractivity contribution is 0.0975. The van der Waals surface area contributed by atoms with Gasteiger partial charge in [-0.25, -0.2) is 0 Å². The fourth-order valence-electron chi connectivity index (χ4n) is 0.855. The van der Waals surface area contributed by atoms with E-state index in [4.69, 9.17) is 9.84 Å². The molecule has 0 saturated carbocycles. The topological polar surface area (TPSA) is 29.5 Å². The summed E-state index contributed by atoms with van der Waals surface area (Å²) in [5.74, 6) is 0.828. The predicted molar refractivity (Wildman–Crippen MR) is 60.5 cm³/mol. The number of hydrogen-bond donors (Lipinski definition) is 1. The summed E-state index contributed by atoms with van der Waals surface area (Å²) in [5.41, 5.74) is -0.187. The fourth-order valence-corrected chi connectivity index (χ4v) is 1.12. The van der Waals surface area contributed by atoms with Gasteiger partial charge in [-0.05, 0) is 24.3 Å². The van der Waals surface area contributed by atoms with Crippen molar-refractivity contribution in [1.82, 2.24) is 0 Å². The van der Waals surface area contributed by atoms with E-state index < -0.39 is 0 Å². The van der Waals surface area contributed by atoms with Crippen molar-refractivity contribution in [1.29, 1.82) is 0 Å². The molecule has 1 aromatic carbocycles. The van der Waals surface area contributed by atoms with Crippen LogP contribution in [0.4, 0.5) is 0 Å². The first-order valence-corrected chi connectivity index (χ1v) is 5.32. The summed E-state index contributed by atoms with van der Waals surface area (Å²) in [4.78, 5) is 0. The summed E-state index contributed by atoms with van der Waals surface area (Å²) in [7, 11) is 0. The van der Waals surface area contributed by atoms with Crippen LogP contribution in [0.15, 0.2) is 28.7 Å². The number of ether oxygens (including phenoxy) is 1. The average Bonchev–Trinajstić information content (AvgIpc) is 2.17. The Hall–Kier alpha value is -0.540. The summed E-state index contributed by atoms with van der Waals surface area (Å²) in [6.07, 6.45) is 0. The Morgan fingerprint density at radius 1 is 1.29 bits per heavy atom. The minimum Gasteiger partial charge on any atom is -0.493 e. The van der Waals surface area contributed by atoms with E-state index in [1.807, 2.05) is 38.1 Å². The number of benzene rings is 1. The third-order valence-electron chi connectivity index (χ3n) is 1.87. The van der Waals surface area contributed by atoms with Gasteiger partial charge in [0.1, 0.15) is 5.75 Å². The van der Waals surface area contributed by atoms with Crippen molar-refractivity contribution in [2.75, 3.05) is 13.2 Å². The van der Waals surface area contributed by atoms with E-state index >= 15 is 0 Å². The van der Waals surface area contributed by atoms with Gasteiger partial charge in [-0.3, -0.25) is 0 Å². The minimum atomic E-state index is -0.187. The zero-order chi connectivity index (χ0) is 10.6. The fraction of sp³-hybridized carbons (Fsp3) is 0.455. The van der Waals surface area contributed by atoms with Crippen molar-refractivity contribution in [3.05, 3.63) is 28.7 Å². The Morgan fingerprint density at radius 2 is 1.86 bits per heavy atom. The molecule has 0 amide bonds. The van der Waals surface area contributed by atoms with Crippen LogP contribution < -0.4 is 4.74 Å². The normalized spacial score (nSPS) is 11.4. The van der Waals surface area contributed by atoms with Crippen LogP contribution >= 0.6 is 15.9 Å². The third-order valence-corrected chi connectivity index (χ3v) is 2.40. The summed E-state index contributed by atoms with van der Waals surface area (Å²) < 4.78 is 6.57. The molecule has 1 N–H and O–H groups in total. The monoisotopic (exact) mass is 258 g/mol. The van der Waals surface area contributed by atoms with E-state index in [2.05, 4.69) is 15.9 Å². The molecule has 0 aliphatic rings. The number of halogens is 1. The van der Waals surface area contributed by atoms with E-state index in [-0.39, 0.29) is 12.0 Å². The molecule has 14 heavy (non-hydrogen) atoms. The standard InChI is InChI=1S/C11H15BrO2/c1-11(2,7-13)8-14-10-5-3-9(12)4-6-10/h3-6,13H,7-8H2,1-2H3. The zero-order valence-corrected chi connectivity index (χ0v) is 10.0. The van der Waals surface area contributed by atoms with Crippen molar-refractivity contribution in [2.45, 2.75) is 13.8 Å². The zero-order valence-electron chi connectivity index (χ0n) is 8.46. The van der Waals surface area contributed by atoms with Gasteiger partial charge in [0.05, 0.1) is 13.2 Å². The molecule has 0 aromatic heterocycles. The van der Waals surface area contributed by atoms with Gasteiger partial charge in [0.25, 0.3) is 0 Å². The summed E-state index contributed by atoms with van der Waals surface area (Å²) >= 11 is 3.35. The number of aliphatic hydroxyl groups excluding tert-OH is 1. The van der Waals surface area contributed by atoms with Gasteiger partial charge in [0.2, 0.25) is 0 Å². The maximum absolute atomic E-state index is 9.03. The molecule has 0 atom stereocenters. The molecule has 0 fully saturated rings. The molecule has 0 aliphatic carbocycles. The van der Waals surface area contributed by atoms with Crippen LogP contribution in [-0.2, 0) is 0 Å². The lowest BCUT2D eigenvalue weighted by Gasteiger charge is -2.21. The quantitative estimate of drug-likeness (QED) is 0.900. The van der Waals surface area contributed by atoms with Crippen LogP contribution in [-0.4, -0.2) is 18.3 Å². The molecule has 0 bridgehead atoms. The lowest BCUT2D eigenvalue weighted by atomic mass is 9.97. The highest BCUT2D eigenvalue weighted by Crippen LogP contribution is 2.19.